The molecule has 20 heavy (non-hydrogen) atoms. The first kappa shape index (κ1) is 14.6. The van der Waals surface area contributed by atoms with E-state index in [1.54, 1.807) is 19.1 Å². The molecule has 0 aromatic heterocycles. The van der Waals surface area contributed by atoms with Crippen molar-refractivity contribution in [2.45, 2.75) is 24.8 Å². The van der Waals surface area contributed by atoms with Crippen LogP contribution < -0.4 is 10.5 Å². The van der Waals surface area contributed by atoms with Crippen LogP contribution in [0.2, 0.25) is 0 Å². The van der Waals surface area contributed by atoms with Gasteiger partial charge >= 0.3 is 0 Å². The molecule has 0 radical (unpaired) electrons. The van der Waals surface area contributed by atoms with Crippen molar-refractivity contribution in [3.63, 3.8) is 0 Å². The summed E-state index contributed by atoms with van der Waals surface area (Å²) in [5.41, 5.74) is 7.96. The van der Waals surface area contributed by atoms with E-state index in [0.717, 1.165) is 11.1 Å². The van der Waals surface area contributed by atoms with Gasteiger partial charge in [-0.1, -0.05) is 30.3 Å². The maximum Gasteiger partial charge on any atom is 0.241 e. The van der Waals surface area contributed by atoms with E-state index in [0.29, 0.717) is 5.69 Å². The van der Waals surface area contributed by atoms with Crippen molar-refractivity contribution in [3.8, 4) is 0 Å². The van der Waals surface area contributed by atoms with Gasteiger partial charge in [-0.25, -0.2) is 13.1 Å². The first-order valence-corrected chi connectivity index (χ1v) is 7.82. The van der Waals surface area contributed by atoms with Crippen molar-refractivity contribution >= 4 is 15.7 Å². The van der Waals surface area contributed by atoms with Gasteiger partial charge in [0.2, 0.25) is 10.0 Å². The normalized spacial score (nSPS) is 13.1. The topological polar surface area (TPSA) is 72.2 Å². The first-order valence-electron chi connectivity index (χ1n) is 6.33. The summed E-state index contributed by atoms with van der Waals surface area (Å²) in [4.78, 5) is 0.229. The maximum atomic E-state index is 12.3. The van der Waals surface area contributed by atoms with Gasteiger partial charge < -0.3 is 5.73 Å². The molecule has 2 aromatic rings. The van der Waals surface area contributed by atoms with Gasteiger partial charge in [-0.05, 0) is 43.2 Å². The molecule has 0 spiro atoms. The number of hydrogen-bond donors (Lipinski definition) is 2. The third-order valence-corrected chi connectivity index (χ3v) is 4.72. The number of anilines is 1. The number of nitrogens with two attached hydrogens (primary N) is 1. The van der Waals surface area contributed by atoms with Crippen molar-refractivity contribution in [1.82, 2.24) is 4.72 Å². The molecule has 0 bridgehead atoms. The summed E-state index contributed by atoms with van der Waals surface area (Å²) in [6, 6.07) is 13.9. The molecule has 4 nitrogen and oxygen atoms in total. The summed E-state index contributed by atoms with van der Waals surface area (Å²) in [7, 11) is -3.55. The average molecular weight is 290 g/mol. The standard InChI is InChI=1S/C15H18N2O2S/c1-11-10-14(8-9-15(11)16)20(18,19)17-12(2)13-6-4-3-5-7-13/h3-10,12,17H,16H2,1-2H3. The van der Waals surface area contributed by atoms with Crippen LogP contribution in [0.4, 0.5) is 5.69 Å². The van der Waals surface area contributed by atoms with Gasteiger partial charge in [-0.15, -0.1) is 0 Å². The zero-order valence-electron chi connectivity index (χ0n) is 11.5. The Morgan fingerprint density at radius 3 is 2.35 bits per heavy atom. The lowest BCUT2D eigenvalue weighted by atomic mass is 10.1. The fourth-order valence-corrected chi connectivity index (χ4v) is 3.24. The average Bonchev–Trinajstić information content (AvgIpc) is 2.42. The molecule has 0 saturated heterocycles. The highest BCUT2D eigenvalue weighted by Gasteiger charge is 2.18. The number of nitrogen functional groups attached to an aromatic ring is 1. The van der Waals surface area contributed by atoms with Crippen LogP contribution >= 0.6 is 0 Å². The van der Waals surface area contributed by atoms with Crippen LogP contribution in [0.15, 0.2) is 53.4 Å². The molecular formula is C15H18N2O2S. The largest absolute Gasteiger partial charge is 0.399 e. The molecule has 0 aliphatic heterocycles. The third-order valence-electron chi connectivity index (χ3n) is 3.18. The molecule has 0 heterocycles. The highest BCUT2D eigenvalue weighted by molar-refractivity contribution is 7.89. The Labute approximate surface area is 119 Å². The molecule has 0 aliphatic carbocycles. The summed E-state index contributed by atoms with van der Waals surface area (Å²) in [5.74, 6) is 0. The van der Waals surface area contributed by atoms with E-state index in [1.807, 2.05) is 37.3 Å². The molecule has 0 aliphatic rings. The first-order chi connectivity index (χ1) is 9.40. The zero-order valence-corrected chi connectivity index (χ0v) is 12.3. The summed E-state index contributed by atoms with van der Waals surface area (Å²) >= 11 is 0. The van der Waals surface area contributed by atoms with Gasteiger partial charge in [0, 0.05) is 11.7 Å². The van der Waals surface area contributed by atoms with Crippen LogP contribution in [0, 0.1) is 6.92 Å². The summed E-state index contributed by atoms with van der Waals surface area (Å²) in [6.45, 7) is 3.60. The lowest BCUT2D eigenvalue weighted by molar-refractivity contribution is 0.567. The van der Waals surface area contributed by atoms with E-state index in [4.69, 9.17) is 5.73 Å². The Morgan fingerprint density at radius 1 is 1.10 bits per heavy atom. The van der Waals surface area contributed by atoms with Crippen LogP contribution in [0.3, 0.4) is 0 Å². The zero-order chi connectivity index (χ0) is 14.8. The molecule has 0 fully saturated rings. The van der Waals surface area contributed by atoms with Gasteiger partial charge in [0.15, 0.2) is 0 Å². The van der Waals surface area contributed by atoms with Crippen molar-refractivity contribution in [1.29, 1.82) is 0 Å². The van der Waals surface area contributed by atoms with Crippen LogP contribution in [-0.4, -0.2) is 8.42 Å². The van der Waals surface area contributed by atoms with Crippen molar-refractivity contribution in [2.75, 3.05) is 5.73 Å². The third kappa shape index (κ3) is 3.18. The number of rotatable bonds is 4. The lowest BCUT2D eigenvalue weighted by Gasteiger charge is -2.15. The Kier molecular flexibility index (Phi) is 4.11. The van der Waals surface area contributed by atoms with E-state index < -0.39 is 10.0 Å². The smallest absolute Gasteiger partial charge is 0.241 e. The molecule has 1 unspecified atom stereocenters. The predicted molar refractivity (Wildman–Crippen MR) is 80.8 cm³/mol. The SMILES string of the molecule is Cc1cc(S(=O)(=O)NC(C)c2ccccc2)ccc1N. The number of benzene rings is 2. The fourth-order valence-electron chi connectivity index (χ4n) is 1.93. The molecule has 106 valence electrons. The molecular weight excluding hydrogens is 272 g/mol. The second-order valence-corrected chi connectivity index (χ2v) is 6.49. The van der Waals surface area contributed by atoms with Gasteiger partial charge in [0.1, 0.15) is 0 Å². The molecule has 3 N–H and O–H groups in total. The van der Waals surface area contributed by atoms with Crippen molar-refractivity contribution < 1.29 is 8.42 Å². The second-order valence-electron chi connectivity index (χ2n) is 4.77. The van der Waals surface area contributed by atoms with Gasteiger partial charge in [-0.2, -0.15) is 0 Å². The van der Waals surface area contributed by atoms with E-state index in [1.165, 1.54) is 6.07 Å². The van der Waals surface area contributed by atoms with Crippen LogP contribution in [-0.2, 0) is 10.0 Å². The molecule has 0 saturated carbocycles. The van der Waals surface area contributed by atoms with E-state index in [2.05, 4.69) is 4.72 Å². The summed E-state index contributed by atoms with van der Waals surface area (Å²) < 4.78 is 27.3. The summed E-state index contributed by atoms with van der Waals surface area (Å²) in [5, 5.41) is 0. The van der Waals surface area contributed by atoms with E-state index in [-0.39, 0.29) is 10.9 Å². The molecule has 0 amide bonds. The molecule has 5 heteroatoms. The minimum atomic E-state index is -3.55. The van der Waals surface area contributed by atoms with E-state index in [9.17, 15) is 8.42 Å². The number of aryl methyl sites for hydroxylation is 1. The highest BCUT2D eigenvalue weighted by atomic mass is 32.2. The quantitative estimate of drug-likeness (QED) is 0.850. The minimum absolute atomic E-state index is 0.229. The summed E-state index contributed by atoms with van der Waals surface area (Å²) in [6.07, 6.45) is 0. The van der Waals surface area contributed by atoms with Crippen molar-refractivity contribution in [3.05, 3.63) is 59.7 Å². The Morgan fingerprint density at radius 2 is 1.75 bits per heavy atom. The molecule has 2 rings (SSSR count). The number of hydrogen-bond acceptors (Lipinski definition) is 3. The fraction of sp³-hybridized carbons (Fsp3) is 0.200. The molecule has 1 atom stereocenters. The monoisotopic (exact) mass is 290 g/mol. The van der Waals surface area contributed by atoms with Gasteiger partial charge in [0.05, 0.1) is 4.90 Å². The van der Waals surface area contributed by atoms with E-state index >= 15 is 0 Å². The maximum absolute atomic E-state index is 12.3. The molecule has 2 aromatic carbocycles. The lowest BCUT2D eigenvalue weighted by Crippen LogP contribution is -2.27. The predicted octanol–water partition coefficient (Wildman–Crippen LogP) is 2.62. The van der Waals surface area contributed by atoms with Crippen LogP contribution in [0.5, 0.6) is 0 Å². The second kappa shape index (κ2) is 5.64. The van der Waals surface area contributed by atoms with Gasteiger partial charge in [0.25, 0.3) is 0 Å². The van der Waals surface area contributed by atoms with Gasteiger partial charge in [-0.3, -0.25) is 0 Å². The Hall–Kier alpha value is -1.85. The minimum Gasteiger partial charge on any atom is -0.399 e. The Bertz CT molecular complexity index is 697. The number of sulfonamides is 1. The Balaban J connectivity index is 2.25. The van der Waals surface area contributed by atoms with Crippen molar-refractivity contribution in [2.24, 2.45) is 0 Å². The highest BCUT2D eigenvalue weighted by Crippen LogP contribution is 2.20. The van der Waals surface area contributed by atoms with Crippen LogP contribution in [0.1, 0.15) is 24.1 Å². The number of nitrogens with one attached hydrogen (secondary N) is 1. The van der Waals surface area contributed by atoms with Crippen LogP contribution in [0.25, 0.3) is 0 Å².